The molecule has 0 spiro atoms. The van der Waals surface area contributed by atoms with E-state index in [0.29, 0.717) is 12.0 Å². The minimum atomic E-state index is 0.291. The molecule has 0 aromatic rings. The Morgan fingerprint density at radius 1 is 1.16 bits per heavy atom. The SMILES string of the molecule is CCCC1CCCN(C2CC(C)CCC2C#N)CC1. The molecule has 1 heterocycles. The van der Waals surface area contributed by atoms with Gasteiger partial charge in [0.15, 0.2) is 0 Å². The van der Waals surface area contributed by atoms with Gasteiger partial charge in [-0.1, -0.05) is 26.7 Å². The zero-order valence-corrected chi connectivity index (χ0v) is 12.8. The lowest BCUT2D eigenvalue weighted by atomic mass is 9.79. The average molecular weight is 262 g/mol. The van der Waals surface area contributed by atoms with Crippen LogP contribution in [-0.4, -0.2) is 24.0 Å². The van der Waals surface area contributed by atoms with Crippen molar-refractivity contribution in [3.8, 4) is 6.07 Å². The van der Waals surface area contributed by atoms with E-state index in [-0.39, 0.29) is 0 Å². The van der Waals surface area contributed by atoms with Gasteiger partial charge in [0.1, 0.15) is 0 Å². The highest BCUT2D eigenvalue weighted by Gasteiger charge is 2.33. The molecule has 19 heavy (non-hydrogen) atoms. The molecular weight excluding hydrogens is 232 g/mol. The molecular formula is C17H30N2. The minimum absolute atomic E-state index is 0.291. The molecule has 0 aromatic carbocycles. The molecule has 2 heteroatoms. The van der Waals surface area contributed by atoms with Crippen molar-refractivity contribution in [3.63, 3.8) is 0 Å². The highest BCUT2D eigenvalue weighted by molar-refractivity contribution is 4.97. The maximum absolute atomic E-state index is 9.41. The van der Waals surface area contributed by atoms with Gasteiger partial charge < -0.3 is 0 Å². The van der Waals surface area contributed by atoms with Gasteiger partial charge in [-0.05, 0) is 63.5 Å². The van der Waals surface area contributed by atoms with E-state index >= 15 is 0 Å². The Balaban J connectivity index is 1.94. The molecule has 108 valence electrons. The second kappa shape index (κ2) is 7.29. The van der Waals surface area contributed by atoms with Crippen molar-refractivity contribution in [2.45, 2.75) is 71.3 Å². The van der Waals surface area contributed by atoms with E-state index in [0.717, 1.165) is 18.3 Å². The molecule has 1 aliphatic carbocycles. The zero-order valence-electron chi connectivity index (χ0n) is 12.8. The van der Waals surface area contributed by atoms with Crippen molar-refractivity contribution in [3.05, 3.63) is 0 Å². The molecule has 1 saturated carbocycles. The van der Waals surface area contributed by atoms with Gasteiger partial charge in [-0.25, -0.2) is 0 Å². The molecule has 0 radical (unpaired) electrons. The fraction of sp³-hybridized carbons (Fsp3) is 0.941. The van der Waals surface area contributed by atoms with Gasteiger partial charge >= 0.3 is 0 Å². The van der Waals surface area contributed by atoms with Crippen molar-refractivity contribution in [2.24, 2.45) is 17.8 Å². The first kappa shape index (κ1) is 14.9. The standard InChI is InChI=1S/C17H30N2/c1-3-5-15-6-4-10-19(11-9-15)17-12-14(2)7-8-16(17)13-18/h14-17H,3-12H2,1-2H3. The molecule has 0 aromatic heterocycles. The van der Waals surface area contributed by atoms with Crippen LogP contribution in [0.3, 0.4) is 0 Å². The van der Waals surface area contributed by atoms with E-state index in [1.807, 2.05) is 0 Å². The summed E-state index contributed by atoms with van der Waals surface area (Å²) in [6.45, 7) is 7.13. The summed E-state index contributed by atoms with van der Waals surface area (Å²) in [5.41, 5.74) is 0. The molecule has 4 unspecified atom stereocenters. The quantitative estimate of drug-likeness (QED) is 0.761. The summed E-state index contributed by atoms with van der Waals surface area (Å²) in [6, 6.07) is 3.14. The van der Waals surface area contributed by atoms with Crippen molar-refractivity contribution < 1.29 is 0 Å². The summed E-state index contributed by atoms with van der Waals surface area (Å²) in [4.78, 5) is 2.67. The third-order valence-corrected chi connectivity index (χ3v) is 5.29. The van der Waals surface area contributed by atoms with E-state index in [9.17, 15) is 5.26 Å². The molecule has 1 aliphatic heterocycles. The number of rotatable bonds is 3. The summed E-state index contributed by atoms with van der Waals surface area (Å²) in [7, 11) is 0. The maximum Gasteiger partial charge on any atom is 0.0672 e. The third-order valence-electron chi connectivity index (χ3n) is 5.29. The number of hydrogen-bond acceptors (Lipinski definition) is 2. The number of hydrogen-bond donors (Lipinski definition) is 0. The van der Waals surface area contributed by atoms with Crippen LogP contribution in [-0.2, 0) is 0 Å². The predicted octanol–water partition coefficient (Wildman–Crippen LogP) is 4.22. The van der Waals surface area contributed by atoms with Crippen LogP contribution in [0.2, 0.25) is 0 Å². The van der Waals surface area contributed by atoms with Crippen molar-refractivity contribution in [1.29, 1.82) is 5.26 Å². The highest BCUT2D eigenvalue weighted by Crippen LogP contribution is 2.34. The normalized spacial score (nSPS) is 37.5. The van der Waals surface area contributed by atoms with Gasteiger partial charge in [0.2, 0.25) is 0 Å². The van der Waals surface area contributed by atoms with Gasteiger partial charge in [-0.3, -0.25) is 4.90 Å². The Hall–Kier alpha value is -0.550. The molecule has 0 N–H and O–H groups in total. The van der Waals surface area contributed by atoms with E-state index in [2.05, 4.69) is 24.8 Å². The second-order valence-corrected chi connectivity index (χ2v) is 6.84. The van der Waals surface area contributed by atoms with Crippen LogP contribution in [0.25, 0.3) is 0 Å². The molecule has 2 fully saturated rings. The summed E-state index contributed by atoms with van der Waals surface area (Å²) in [6.07, 6.45) is 10.5. The van der Waals surface area contributed by atoms with E-state index in [1.165, 1.54) is 58.0 Å². The molecule has 2 nitrogen and oxygen atoms in total. The van der Waals surface area contributed by atoms with Crippen LogP contribution in [0.1, 0.15) is 65.2 Å². The van der Waals surface area contributed by atoms with Crippen LogP contribution in [0.15, 0.2) is 0 Å². The molecule has 2 rings (SSSR count). The van der Waals surface area contributed by atoms with Crippen LogP contribution in [0.5, 0.6) is 0 Å². The fourth-order valence-electron chi connectivity index (χ4n) is 4.12. The van der Waals surface area contributed by atoms with Crippen LogP contribution in [0.4, 0.5) is 0 Å². The maximum atomic E-state index is 9.41. The Kier molecular flexibility index (Phi) is 5.70. The molecule has 2 aliphatic rings. The van der Waals surface area contributed by atoms with E-state index in [1.54, 1.807) is 0 Å². The second-order valence-electron chi connectivity index (χ2n) is 6.84. The van der Waals surface area contributed by atoms with Crippen LogP contribution >= 0.6 is 0 Å². The van der Waals surface area contributed by atoms with Gasteiger partial charge in [-0.15, -0.1) is 0 Å². The lowest BCUT2D eigenvalue weighted by molar-refractivity contribution is 0.108. The zero-order chi connectivity index (χ0) is 13.7. The number of likely N-dealkylation sites (tertiary alicyclic amines) is 1. The topological polar surface area (TPSA) is 27.0 Å². The predicted molar refractivity (Wildman–Crippen MR) is 79.7 cm³/mol. The highest BCUT2D eigenvalue weighted by atomic mass is 15.2. The number of nitriles is 1. The van der Waals surface area contributed by atoms with Gasteiger partial charge in [-0.2, -0.15) is 5.26 Å². The summed E-state index contributed by atoms with van der Waals surface area (Å²) in [5.74, 6) is 2.04. The van der Waals surface area contributed by atoms with E-state index in [4.69, 9.17) is 0 Å². The monoisotopic (exact) mass is 262 g/mol. The van der Waals surface area contributed by atoms with Crippen molar-refractivity contribution in [1.82, 2.24) is 4.90 Å². The number of nitrogens with zero attached hydrogens (tertiary/aromatic N) is 2. The Labute approximate surface area is 119 Å². The molecule has 0 bridgehead atoms. The largest absolute Gasteiger partial charge is 0.299 e. The van der Waals surface area contributed by atoms with Gasteiger partial charge in [0, 0.05) is 6.04 Å². The minimum Gasteiger partial charge on any atom is -0.299 e. The fourth-order valence-corrected chi connectivity index (χ4v) is 4.12. The van der Waals surface area contributed by atoms with Crippen molar-refractivity contribution in [2.75, 3.05) is 13.1 Å². The van der Waals surface area contributed by atoms with E-state index < -0.39 is 0 Å². The van der Waals surface area contributed by atoms with Crippen molar-refractivity contribution >= 4 is 0 Å². The first-order valence-corrected chi connectivity index (χ1v) is 8.38. The molecule has 1 saturated heterocycles. The first-order valence-electron chi connectivity index (χ1n) is 8.38. The van der Waals surface area contributed by atoms with Crippen LogP contribution in [0, 0.1) is 29.1 Å². The Morgan fingerprint density at radius 3 is 2.74 bits per heavy atom. The lowest BCUT2D eigenvalue weighted by Crippen LogP contribution is -2.44. The van der Waals surface area contributed by atoms with Gasteiger partial charge in [0.05, 0.1) is 12.0 Å². The molecule has 4 atom stereocenters. The lowest BCUT2D eigenvalue weighted by Gasteiger charge is -2.39. The van der Waals surface area contributed by atoms with Crippen LogP contribution < -0.4 is 0 Å². The third kappa shape index (κ3) is 3.96. The molecule has 0 amide bonds. The smallest absolute Gasteiger partial charge is 0.0672 e. The summed E-state index contributed by atoms with van der Waals surface area (Å²) < 4.78 is 0. The summed E-state index contributed by atoms with van der Waals surface area (Å²) in [5, 5.41) is 9.41. The Morgan fingerprint density at radius 2 is 2.00 bits per heavy atom. The Bertz CT molecular complexity index is 307. The average Bonchev–Trinajstić information content (AvgIpc) is 2.65. The first-order chi connectivity index (χ1) is 9.24. The van der Waals surface area contributed by atoms with Gasteiger partial charge in [0.25, 0.3) is 0 Å². The summed E-state index contributed by atoms with van der Waals surface area (Å²) >= 11 is 0.